The van der Waals surface area contributed by atoms with E-state index in [0.717, 1.165) is 36.5 Å². The maximum Gasteiger partial charge on any atom is 0.340 e. The number of ether oxygens (including phenoxy) is 1. The summed E-state index contributed by atoms with van der Waals surface area (Å²) in [5, 5.41) is 7.11. The number of nitrogens with one attached hydrogen (secondary N) is 2. The molecule has 1 aliphatic heterocycles. The summed E-state index contributed by atoms with van der Waals surface area (Å²) in [6.07, 6.45) is 2.14. The number of likely N-dealkylation sites (tertiary alicyclic amines) is 1. The Labute approximate surface area is 167 Å². The van der Waals surface area contributed by atoms with Gasteiger partial charge in [-0.1, -0.05) is 0 Å². The smallest absolute Gasteiger partial charge is 0.340 e. The zero-order chi connectivity index (χ0) is 19.4. The van der Waals surface area contributed by atoms with Crippen LogP contribution in [-0.4, -0.2) is 42.1 Å². The second kappa shape index (κ2) is 8.49. The zero-order valence-corrected chi connectivity index (χ0v) is 16.8. The molecule has 27 heavy (non-hydrogen) atoms. The van der Waals surface area contributed by atoms with Crippen molar-refractivity contribution in [3.8, 4) is 0 Å². The first-order chi connectivity index (χ1) is 13.0. The van der Waals surface area contributed by atoms with E-state index in [0.29, 0.717) is 21.2 Å². The number of hydrogen-bond acceptors (Lipinski definition) is 5. The molecule has 0 radical (unpaired) electrons. The lowest BCUT2D eigenvalue weighted by Crippen LogP contribution is -2.27. The SMILES string of the molecule is COC(=O)c1cc(C)sc1NC(=S)Nc1ccc(C(=O)N2CCCC2)cc1. The van der Waals surface area contributed by atoms with Crippen LogP contribution in [0.4, 0.5) is 10.7 Å². The van der Waals surface area contributed by atoms with Gasteiger partial charge in [-0.3, -0.25) is 4.79 Å². The van der Waals surface area contributed by atoms with Gasteiger partial charge in [-0.25, -0.2) is 4.79 Å². The lowest BCUT2D eigenvalue weighted by Gasteiger charge is -2.15. The standard InChI is InChI=1S/C19H21N3O3S2/c1-12-11-15(18(24)25-2)16(27-12)21-19(26)20-14-7-5-13(6-8-14)17(23)22-9-3-4-10-22/h5-8,11H,3-4,9-10H2,1-2H3,(H2,20,21,26). The van der Waals surface area contributed by atoms with E-state index in [9.17, 15) is 9.59 Å². The Balaban J connectivity index is 1.63. The number of aryl methyl sites for hydroxylation is 1. The summed E-state index contributed by atoms with van der Waals surface area (Å²) < 4.78 is 4.80. The number of carbonyl (C=O) groups excluding carboxylic acids is 2. The highest BCUT2D eigenvalue weighted by Crippen LogP contribution is 2.28. The van der Waals surface area contributed by atoms with Gasteiger partial charge >= 0.3 is 5.97 Å². The highest BCUT2D eigenvalue weighted by molar-refractivity contribution is 7.80. The second-order valence-electron chi connectivity index (χ2n) is 6.25. The number of esters is 1. The number of benzene rings is 1. The summed E-state index contributed by atoms with van der Waals surface area (Å²) in [4.78, 5) is 27.1. The topological polar surface area (TPSA) is 70.7 Å². The lowest BCUT2D eigenvalue weighted by molar-refractivity contribution is 0.0602. The molecule has 1 aromatic heterocycles. The van der Waals surface area contributed by atoms with E-state index in [1.807, 2.05) is 24.0 Å². The molecule has 2 N–H and O–H groups in total. The first kappa shape index (κ1) is 19.3. The van der Waals surface area contributed by atoms with Crippen molar-refractivity contribution in [3.63, 3.8) is 0 Å². The van der Waals surface area contributed by atoms with Crippen LogP contribution in [0.5, 0.6) is 0 Å². The van der Waals surface area contributed by atoms with Crippen LogP contribution >= 0.6 is 23.6 Å². The molecule has 0 saturated carbocycles. The second-order valence-corrected chi connectivity index (χ2v) is 7.91. The fourth-order valence-corrected chi connectivity index (χ4v) is 4.12. The van der Waals surface area contributed by atoms with Crippen molar-refractivity contribution in [1.29, 1.82) is 0 Å². The molecule has 0 unspecified atom stereocenters. The Bertz CT molecular complexity index is 856. The predicted molar refractivity (Wildman–Crippen MR) is 112 cm³/mol. The summed E-state index contributed by atoms with van der Waals surface area (Å²) in [6, 6.07) is 8.98. The molecular weight excluding hydrogens is 382 g/mol. The van der Waals surface area contributed by atoms with Crippen LogP contribution in [0.3, 0.4) is 0 Å². The first-order valence-electron chi connectivity index (χ1n) is 8.64. The van der Waals surface area contributed by atoms with Gasteiger partial charge in [0.25, 0.3) is 5.91 Å². The molecule has 8 heteroatoms. The number of rotatable bonds is 4. The van der Waals surface area contributed by atoms with Gasteiger partial charge in [-0.05, 0) is 62.3 Å². The van der Waals surface area contributed by atoms with E-state index in [4.69, 9.17) is 17.0 Å². The number of carbonyl (C=O) groups is 2. The van der Waals surface area contributed by atoms with Crippen molar-refractivity contribution < 1.29 is 14.3 Å². The molecule has 6 nitrogen and oxygen atoms in total. The Morgan fingerprint density at radius 3 is 2.44 bits per heavy atom. The number of hydrogen-bond donors (Lipinski definition) is 2. The molecular formula is C19H21N3O3S2. The third kappa shape index (κ3) is 4.64. The number of amides is 1. The number of thiophene rings is 1. The van der Waals surface area contributed by atoms with Gasteiger partial charge in [0, 0.05) is 29.2 Å². The van der Waals surface area contributed by atoms with E-state index in [2.05, 4.69) is 10.6 Å². The van der Waals surface area contributed by atoms with Crippen LogP contribution in [0.25, 0.3) is 0 Å². The van der Waals surface area contributed by atoms with Crippen LogP contribution in [0.15, 0.2) is 30.3 Å². The van der Waals surface area contributed by atoms with E-state index >= 15 is 0 Å². The Morgan fingerprint density at radius 1 is 1.15 bits per heavy atom. The molecule has 2 heterocycles. The molecule has 1 aliphatic rings. The summed E-state index contributed by atoms with van der Waals surface area (Å²) in [6.45, 7) is 3.57. The van der Waals surface area contributed by atoms with Crippen molar-refractivity contribution in [2.24, 2.45) is 0 Å². The Kier molecular flexibility index (Phi) is 6.08. The number of anilines is 2. The monoisotopic (exact) mass is 403 g/mol. The van der Waals surface area contributed by atoms with E-state index in [-0.39, 0.29) is 5.91 Å². The lowest BCUT2D eigenvalue weighted by atomic mass is 10.2. The van der Waals surface area contributed by atoms with Gasteiger partial charge in [-0.2, -0.15) is 0 Å². The molecule has 2 aromatic rings. The van der Waals surface area contributed by atoms with E-state index < -0.39 is 5.97 Å². The molecule has 3 rings (SSSR count). The van der Waals surface area contributed by atoms with Crippen molar-refractivity contribution in [1.82, 2.24) is 4.90 Å². The van der Waals surface area contributed by atoms with Crippen LogP contribution in [0.2, 0.25) is 0 Å². The number of methoxy groups -OCH3 is 1. The molecule has 1 amide bonds. The zero-order valence-electron chi connectivity index (χ0n) is 15.2. The summed E-state index contributed by atoms with van der Waals surface area (Å²) in [5.41, 5.74) is 1.89. The van der Waals surface area contributed by atoms with E-state index in [1.165, 1.54) is 18.4 Å². The molecule has 1 fully saturated rings. The van der Waals surface area contributed by atoms with Crippen LogP contribution in [-0.2, 0) is 4.74 Å². The minimum absolute atomic E-state index is 0.0662. The van der Waals surface area contributed by atoms with Crippen LogP contribution in [0, 0.1) is 6.92 Å². The average molecular weight is 404 g/mol. The third-order valence-electron chi connectivity index (χ3n) is 4.27. The molecule has 0 atom stereocenters. The molecule has 0 bridgehead atoms. The van der Waals surface area contributed by atoms with Crippen molar-refractivity contribution in [2.45, 2.75) is 19.8 Å². The van der Waals surface area contributed by atoms with Gasteiger partial charge in [0.2, 0.25) is 0 Å². The van der Waals surface area contributed by atoms with E-state index in [1.54, 1.807) is 18.2 Å². The molecule has 0 spiro atoms. The highest BCUT2D eigenvalue weighted by atomic mass is 32.1. The average Bonchev–Trinajstić information content (AvgIpc) is 3.31. The van der Waals surface area contributed by atoms with Gasteiger partial charge in [-0.15, -0.1) is 11.3 Å². The van der Waals surface area contributed by atoms with Gasteiger partial charge < -0.3 is 20.3 Å². The minimum Gasteiger partial charge on any atom is -0.465 e. The molecule has 1 aromatic carbocycles. The fraction of sp³-hybridized carbons (Fsp3) is 0.316. The molecule has 1 saturated heterocycles. The van der Waals surface area contributed by atoms with Crippen molar-refractivity contribution in [3.05, 3.63) is 46.3 Å². The molecule has 142 valence electrons. The fourth-order valence-electron chi connectivity index (χ4n) is 2.93. The number of nitrogens with zero attached hydrogens (tertiary/aromatic N) is 1. The van der Waals surface area contributed by atoms with Gasteiger partial charge in [0.1, 0.15) is 5.00 Å². The number of thiocarbonyl (C=S) groups is 1. The normalized spacial score (nSPS) is 13.3. The first-order valence-corrected chi connectivity index (χ1v) is 9.86. The maximum atomic E-state index is 12.4. The quantitative estimate of drug-likeness (QED) is 0.596. The summed E-state index contributed by atoms with van der Waals surface area (Å²) in [5.74, 6) is -0.342. The van der Waals surface area contributed by atoms with Crippen molar-refractivity contribution >= 4 is 51.2 Å². The summed E-state index contributed by atoms with van der Waals surface area (Å²) in [7, 11) is 1.35. The van der Waals surface area contributed by atoms with Gasteiger partial charge in [0.05, 0.1) is 12.7 Å². The Morgan fingerprint density at radius 2 is 1.81 bits per heavy atom. The largest absolute Gasteiger partial charge is 0.465 e. The summed E-state index contributed by atoms with van der Waals surface area (Å²) >= 11 is 6.77. The third-order valence-corrected chi connectivity index (χ3v) is 5.44. The van der Waals surface area contributed by atoms with Gasteiger partial charge in [0.15, 0.2) is 5.11 Å². The van der Waals surface area contributed by atoms with Crippen LogP contribution < -0.4 is 10.6 Å². The Hall–Kier alpha value is -2.45. The van der Waals surface area contributed by atoms with Crippen molar-refractivity contribution in [2.75, 3.05) is 30.8 Å². The maximum absolute atomic E-state index is 12.4. The highest BCUT2D eigenvalue weighted by Gasteiger charge is 2.19. The molecule has 0 aliphatic carbocycles. The minimum atomic E-state index is -0.408. The predicted octanol–water partition coefficient (Wildman–Crippen LogP) is 3.89. The van der Waals surface area contributed by atoms with Crippen LogP contribution in [0.1, 0.15) is 38.4 Å².